The summed E-state index contributed by atoms with van der Waals surface area (Å²) in [6, 6.07) is 29.2. The zero-order valence-corrected chi connectivity index (χ0v) is 30.7. The molecule has 0 aliphatic carbocycles. The smallest absolute Gasteiger partial charge is 0.328 e. The summed E-state index contributed by atoms with van der Waals surface area (Å²) in [5.41, 5.74) is 0. The van der Waals surface area contributed by atoms with Crippen LogP contribution in [0.15, 0.2) is 95.6 Å². The van der Waals surface area contributed by atoms with E-state index in [4.69, 9.17) is 9.47 Å². The molecule has 0 unspecified atom stereocenters. The van der Waals surface area contributed by atoms with E-state index in [2.05, 4.69) is 93.3 Å². The molecule has 0 heterocycles. The molecule has 3 aromatic carbocycles. The van der Waals surface area contributed by atoms with Gasteiger partial charge in [-0.3, -0.25) is 19.2 Å². The highest BCUT2D eigenvalue weighted by Crippen LogP contribution is 2.55. The molecular formula is C37H46N4O8PS+. The van der Waals surface area contributed by atoms with Gasteiger partial charge in [0.2, 0.25) is 17.7 Å². The highest BCUT2D eigenvalue weighted by Gasteiger charge is 2.44. The predicted octanol–water partition coefficient (Wildman–Crippen LogP) is 3.56. The van der Waals surface area contributed by atoms with E-state index in [0.717, 1.165) is 12.6 Å². The van der Waals surface area contributed by atoms with E-state index in [0.29, 0.717) is 18.4 Å². The summed E-state index contributed by atoms with van der Waals surface area (Å²) < 4.78 is 12.6. The maximum Gasteiger partial charge on any atom is 0.328 e. The topological polar surface area (TPSA) is 169 Å². The molecule has 51 heavy (non-hydrogen) atoms. The number of carbonyl (C=O) groups is 5. The number of ether oxygens (including phenoxy) is 2. The van der Waals surface area contributed by atoms with Crippen molar-refractivity contribution in [1.82, 2.24) is 16.0 Å². The third-order valence-electron chi connectivity index (χ3n) is 7.96. The molecule has 3 N–H and O–H groups in total. The maximum atomic E-state index is 13.2. The van der Waals surface area contributed by atoms with Crippen LogP contribution in [0, 0.1) is 4.91 Å². The number of hydrogen-bond donors (Lipinski definition) is 3. The predicted molar refractivity (Wildman–Crippen MR) is 201 cm³/mol. The molecular weight excluding hydrogens is 691 g/mol. The highest BCUT2D eigenvalue weighted by atomic mass is 32.2. The van der Waals surface area contributed by atoms with Crippen molar-refractivity contribution in [2.45, 2.75) is 58.0 Å². The van der Waals surface area contributed by atoms with Gasteiger partial charge < -0.3 is 25.4 Å². The van der Waals surface area contributed by atoms with Crippen LogP contribution in [-0.4, -0.2) is 73.4 Å². The van der Waals surface area contributed by atoms with Gasteiger partial charge in [-0.15, -0.1) is 4.91 Å². The molecule has 14 heteroatoms. The molecule has 0 saturated carbocycles. The van der Waals surface area contributed by atoms with Gasteiger partial charge in [-0.2, -0.15) is 0 Å². The van der Waals surface area contributed by atoms with E-state index in [-0.39, 0.29) is 44.1 Å². The van der Waals surface area contributed by atoms with Crippen LogP contribution >= 0.6 is 19.2 Å². The van der Waals surface area contributed by atoms with Crippen LogP contribution in [0.4, 0.5) is 0 Å². The van der Waals surface area contributed by atoms with E-state index >= 15 is 0 Å². The van der Waals surface area contributed by atoms with Gasteiger partial charge in [-0.05, 0) is 69.5 Å². The molecule has 0 aliphatic heterocycles. The number of unbranched alkanes of at least 4 members (excludes halogenated alkanes) is 1. The summed E-state index contributed by atoms with van der Waals surface area (Å²) in [4.78, 5) is 73.6. The minimum absolute atomic E-state index is 0.0836. The van der Waals surface area contributed by atoms with Gasteiger partial charge in [-0.25, -0.2) is 4.79 Å². The molecule has 3 aromatic rings. The molecule has 12 nitrogen and oxygen atoms in total. The lowest BCUT2D eigenvalue weighted by Crippen LogP contribution is -2.50. The first-order valence-corrected chi connectivity index (χ1v) is 19.8. The first kappa shape index (κ1) is 40.8. The Kier molecular flexibility index (Phi) is 17.8. The van der Waals surface area contributed by atoms with Crippen molar-refractivity contribution in [1.29, 1.82) is 0 Å². The second-order valence-electron chi connectivity index (χ2n) is 11.4. The molecule has 0 fully saturated rings. The third-order valence-corrected chi connectivity index (χ3v) is 13.1. The molecule has 0 aromatic heterocycles. The van der Waals surface area contributed by atoms with Crippen molar-refractivity contribution in [2.75, 3.05) is 31.7 Å². The van der Waals surface area contributed by atoms with E-state index in [1.54, 1.807) is 13.8 Å². The van der Waals surface area contributed by atoms with Gasteiger partial charge >= 0.3 is 11.9 Å². The summed E-state index contributed by atoms with van der Waals surface area (Å²) in [7, 11) is -2.05. The summed E-state index contributed by atoms with van der Waals surface area (Å²) in [6.07, 6.45) is 2.01. The van der Waals surface area contributed by atoms with Crippen molar-refractivity contribution >= 4 is 64.8 Å². The standard InChI is InChI=1S/C37H45N4O8PS/c1-3-48-35(44)26-38-36(45)32(27-51-41-47)40-34(43)24-23-31(37(46)49-4-2)39-33(42)22-14-15-25-50(28-16-8-5-9-17-28,29-18-10-6-11-19-29)30-20-12-7-13-21-30/h5-13,16-21,31-32H,3-4,14-15,22-27H2,1-2H3,(H2-,38,39,40,42,43,45)/p+1/t31-,32-/m0/s1. The SMILES string of the molecule is CCOC(=O)CNC(=O)[C@H](CSN=O)NC(=O)CC[C@H](NC(=O)CCCC[P+](c1ccccc1)(c1ccccc1)c1ccccc1)C(=O)OCC. The Bertz CT molecular complexity index is 1470. The number of benzene rings is 3. The molecule has 0 spiro atoms. The lowest BCUT2D eigenvalue weighted by molar-refractivity contribution is -0.147. The largest absolute Gasteiger partial charge is 0.465 e. The van der Waals surface area contributed by atoms with Crippen LogP contribution in [-0.2, 0) is 33.4 Å². The summed E-state index contributed by atoms with van der Waals surface area (Å²) in [6.45, 7) is 3.07. The number of amides is 3. The number of nitroso groups, excluding NO2 is 1. The first-order valence-electron chi connectivity index (χ1n) is 16.9. The fraction of sp³-hybridized carbons (Fsp3) is 0.378. The molecule has 2 atom stereocenters. The van der Waals surface area contributed by atoms with Gasteiger partial charge in [-0.1, -0.05) is 54.6 Å². The lowest BCUT2D eigenvalue weighted by Gasteiger charge is -2.27. The number of rotatable bonds is 22. The van der Waals surface area contributed by atoms with E-state index in [9.17, 15) is 28.9 Å². The summed E-state index contributed by atoms with van der Waals surface area (Å²) in [5, 5.41) is 11.4. The summed E-state index contributed by atoms with van der Waals surface area (Å²) >= 11 is 0.531. The normalized spacial score (nSPS) is 12.1. The monoisotopic (exact) mass is 737 g/mol. The number of hydrogen-bond acceptors (Lipinski definition) is 10. The molecule has 3 amide bonds. The Morgan fingerprint density at radius 2 is 1.22 bits per heavy atom. The van der Waals surface area contributed by atoms with Gasteiger partial charge in [0, 0.05) is 35.1 Å². The lowest BCUT2D eigenvalue weighted by atomic mass is 10.1. The van der Waals surface area contributed by atoms with Gasteiger partial charge in [0.05, 0.1) is 19.4 Å². The van der Waals surface area contributed by atoms with Crippen molar-refractivity contribution in [3.8, 4) is 0 Å². The van der Waals surface area contributed by atoms with E-state index in [1.165, 1.54) is 15.9 Å². The van der Waals surface area contributed by atoms with Crippen LogP contribution in [0.25, 0.3) is 0 Å². The molecule has 0 radical (unpaired) electrons. The quantitative estimate of drug-likeness (QED) is 0.0459. The fourth-order valence-electron chi connectivity index (χ4n) is 5.60. The molecule has 0 bridgehead atoms. The fourth-order valence-corrected chi connectivity index (χ4v) is 10.5. The number of esters is 2. The average Bonchev–Trinajstić information content (AvgIpc) is 3.15. The second kappa shape index (κ2) is 22.3. The van der Waals surface area contributed by atoms with Gasteiger partial charge in [0.15, 0.2) is 0 Å². The first-order chi connectivity index (χ1) is 24.7. The van der Waals surface area contributed by atoms with Gasteiger partial charge in [0.25, 0.3) is 0 Å². The van der Waals surface area contributed by atoms with Crippen LogP contribution in [0.1, 0.15) is 46.0 Å². The van der Waals surface area contributed by atoms with Gasteiger partial charge in [0.1, 0.15) is 41.8 Å². The Labute approximate surface area is 303 Å². The minimum atomic E-state index is -2.05. The zero-order chi connectivity index (χ0) is 36.9. The molecule has 3 rings (SSSR count). The molecule has 0 saturated heterocycles. The summed E-state index contributed by atoms with van der Waals surface area (Å²) in [5.74, 6) is -3.17. The van der Waals surface area contributed by atoms with Crippen LogP contribution < -0.4 is 31.9 Å². The maximum absolute atomic E-state index is 13.2. The van der Waals surface area contributed by atoms with E-state index < -0.39 is 49.6 Å². The number of nitrogens with one attached hydrogen (secondary N) is 3. The zero-order valence-electron chi connectivity index (χ0n) is 29.0. The Morgan fingerprint density at radius 1 is 0.706 bits per heavy atom. The molecule has 272 valence electrons. The minimum Gasteiger partial charge on any atom is -0.465 e. The molecule has 0 aliphatic rings. The van der Waals surface area contributed by atoms with Crippen LogP contribution in [0.3, 0.4) is 0 Å². The number of nitrogens with zero attached hydrogens (tertiary/aromatic N) is 1. The Morgan fingerprint density at radius 3 is 1.73 bits per heavy atom. The van der Waals surface area contributed by atoms with E-state index in [1.807, 2.05) is 18.2 Å². The van der Waals surface area contributed by atoms with Crippen molar-refractivity contribution in [3.63, 3.8) is 0 Å². The van der Waals surface area contributed by atoms with Crippen LogP contribution in [0.5, 0.6) is 0 Å². The third kappa shape index (κ3) is 12.9. The van der Waals surface area contributed by atoms with Crippen molar-refractivity contribution in [3.05, 3.63) is 95.9 Å². The Hall–Kier alpha value is -4.61. The Balaban J connectivity index is 1.63. The average molecular weight is 738 g/mol. The second-order valence-corrected chi connectivity index (χ2v) is 15.8. The highest BCUT2D eigenvalue weighted by molar-refractivity contribution is 7.98. The van der Waals surface area contributed by atoms with Crippen molar-refractivity contribution in [2.24, 2.45) is 4.58 Å². The van der Waals surface area contributed by atoms with Crippen LogP contribution in [0.2, 0.25) is 0 Å². The van der Waals surface area contributed by atoms with Crippen molar-refractivity contribution < 1.29 is 33.4 Å². The number of carbonyl (C=O) groups excluding carboxylic acids is 5.